The first kappa shape index (κ1) is 7.64. The lowest BCUT2D eigenvalue weighted by molar-refractivity contribution is 0.250. The van der Waals surface area contributed by atoms with E-state index in [1.807, 2.05) is 11.8 Å². The van der Waals surface area contributed by atoms with Gasteiger partial charge in [0.05, 0.1) is 0 Å². The summed E-state index contributed by atoms with van der Waals surface area (Å²) in [6.07, 6.45) is 0. The van der Waals surface area contributed by atoms with Gasteiger partial charge in [0.15, 0.2) is 5.82 Å². The predicted molar refractivity (Wildman–Crippen MR) is 49.4 cm³/mol. The summed E-state index contributed by atoms with van der Waals surface area (Å²) < 4.78 is 4.68. The molecule has 2 aliphatic heterocycles. The topological polar surface area (TPSA) is 54.2 Å². The van der Waals surface area contributed by atoms with E-state index in [-0.39, 0.29) is 0 Å². The molecule has 1 fully saturated rings. The normalized spacial score (nSPS) is 27.5. The monoisotopic (exact) mass is 198 g/mol. The number of aromatic nitrogens is 2. The second-order valence-corrected chi connectivity index (χ2v) is 4.34. The summed E-state index contributed by atoms with van der Waals surface area (Å²) in [7, 11) is 0. The average molecular weight is 198 g/mol. The van der Waals surface area contributed by atoms with E-state index in [1.54, 1.807) is 0 Å². The van der Waals surface area contributed by atoms with Crippen molar-refractivity contribution in [3.8, 4) is 0 Å². The first-order chi connectivity index (χ1) is 6.43. The van der Waals surface area contributed by atoms with Crippen LogP contribution in [0.4, 0.5) is 5.82 Å². The van der Waals surface area contributed by atoms with Gasteiger partial charge in [0, 0.05) is 30.8 Å². The molecule has 2 aliphatic rings. The Kier molecular flexibility index (Phi) is 1.69. The number of rotatable bonds is 0. The molecule has 5 nitrogen and oxygen atoms in total. The molecule has 0 aromatic carbocycles. The highest BCUT2D eigenvalue weighted by Gasteiger charge is 2.30. The summed E-state index contributed by atoms with van der Waals surface area (Å²) in [5.74, 6) is 3.12. The number of hydrogen-bond acceptors (Lipinski definition) is 6. The minimum atomic E-state index is 0.626. The van der Waals surface area contributed by atoms with Crippen molar-refractivity contribution in [2.24, 2.45) is 0 Å². The first-order valence-electron chi connectivity index (χ1n) is 4.30. The second-order valence-electron chi connectivity index (χ2n) is 3.34. The van der Waals surface area contributed by atoms with Crippen LogP contribution in [0, 0.1) is 0 Å². The van der Waals surface area contributed by atoms with Crippen LogP contribution in [-0.4, -0.2) is 39.4 Å². The minimum Gasteiger partial charge on any atom is -0.364 e. The van der Waals surface area contributed by atoms with Crippen molar-refractivity contribution in [3.05, 3.63) is 5.69 Å². The van der Waals surface area contributed by atoms with Crippen molar-refractivity contribution in [2.75, 3.05) is 23.5 Å². The summed E-state index contributed by atoms with van der Waals surface area (Å²) in [4.78, 5) is 2.41. The zero-order chi connectivity index (χ0) is 8.67. The number of hydrogen-bond donors (Lipinski definition) is 1. The van der Waals surface area contributed by atoms with Crippen molar-refractivity contribution < 1.29 is 4.63 Å². The fourth-order valence-electron chi connectivity index (χ4n) is 1.73. The van der Waals surface area contributed by atoms with Crippen molar-refractivity contribution in [2.45, 2.75) is 12.6 Å². The van der Waals surface area contributed by atoms with Crippen LogP contribution >= 0.6 is 11.8 Å². The van der Waals surface area contributed by atoms with E-state index in [1.165, 1.54) is 5.75 Å². The van der Waals surface area contributed by atoms with Crippen molar-refractivity contribution in [3.63, 3.8) is 0 Å². The molecule has 3 heterocycles. The molecule has 1 aromatic rings. The van der Waals surface area contributed by atoms with E-state index in [4.69, 9.17) is 0 Å². The average Bonchev–Trinajstić information content (AvgIpc) is 2.72. The Labute approximate surface area is 79.8 Å². The van der Waals surface area contributed by atoms with Crippen LogP contribution in [0.1, 0.15) is 5.69 Å². The standard InChI is InChI=1S/C7H10N4OS/c1-5-3-13-4-11(5)2-6-7(8-1)10-12-9-6/h5H,1-4H2,(H,8,10)/t5-/m0/s1. The van der Waals surface area contributed by atoms with E-state index in [9.17, 15) is 0 Å². The maximum absolute atomic E-state index is 4.68. The molecule has 70 valence electrons. The van der Waals surface area contributed by atoms with Crippen molar-refractivity contribution >= 4 is 17.6 Å². The van der Waals surface area contributed by atoms with Crippen LogP contribution in [0.3, 0.4) is 0 Å². The third-order valence-electron chi connectivity index (χ3n) is 2.50. The van der Waals surface area contributed by atoms with Crippen LogP contribution in [-0.2, 0) is 6.54 Å². The summed E-state index contributed by atoms with van der Waals surface area (Å²) in [6.45, 7) is 1.82. The Morgan fingerprint density at radius 2 is 2.54 bits per heavy atom. The maximum atomic E-state index is 4.68. The molecule has 0 amide bonds. The number of nitrogens with one attached hydrogen (secondary N) is 1. The molecular formula is C7H10N4OS. The third kappa shape index (κ3) is 1.21. The lowest BCUT2D eigenvalue weighted by Gasteiger charge is -2.18. The van der Waals surface area contributed by atoms with Gasteiger partial charge in [-0.1, -0.05) is 5.16 Å². The highest BCUT2D eigenvalue weighted by molar-refractivity contribution is 7.99. The molecule has 6 heteroatoms. The van der Waals surface area contributed by atoms with Crippen LogP contribution in [0.15, 0.2) is 4.63 Å². The van der Waals surface area contributed by atoms with Gasteiger partial charge in [-0.15, -0.1) is 11.8 Å². The number of fused-ring (bicyclic) bond motifs is 2. The lowest BCUT2D eigenvalue weighted by Crippen LogP contribution is -2.33. The molecular weight excluding hydrogens is 188 g/mol. The maximum Gasteiger partial charge on any atom is 0.195 e. The lowest BCUT2D eigenvalue weighted by atomic mass is 10.3. The van der Waals surface area contributed by atoms with Gasteiger partial charge in [0.25, 0.3) is 0 Å². The van der Waals surface area contributed by atoms with Gasteiger partial charge < -0.3 is 5.32 Å². The summed E-state index contributed by atoms with van der Waals surface area (Å²) >= 11 is 1.97. The molecule has 0 radical (unpaired) electrons. The number of anilines is 1. The van der Waals surface area contributed by atoms with Crippen LogP contribution in [0.25, 0.3) is 0 Å². The van der Waals surface area contributed by atoms with Crippen molar-refractivity contribution in [1.29, 1.82) is 0 Å². The molecule has 0 unspecified atom stereocenters. The summed E-state index contributed by atoms with van der Waals surface area (Å²) in [5, 5.41) is 10.9. The molecule has 1 N–H and O–H groups in total. The van der Waals surface area contributed by atoms with E-state index >= 15 is 0 Å². The van der Waals surface area contributed by atoms with E-state index < -0.39 is 0 Å². The van der Waals surface area contributed by atoms with Crippen LogP contribution < -0.4 is 5.32 Å². The van der Waals surface area contributed by atoms with Crippen molar-refractivity contribution in [1.82, 2.24) is 15.2 Å². The van der Waals surface area contributed by atoms with Gasteiger partial charge in [-0.25, -0.2) is 4.63 Å². The Hall–Kier alpha value is -0.750. The molecule has 1 atom stereocenters. The van der Waals surface area contributed by atoms with Gasteiger partial charge in [0.2, 0.25) is 0 Å². The molecule has 0 saturated carbocycles. The Bertz CT molecular complexity index is 315. The predicted octanol–water partition coefficient (Wildman–Crippen LogP) is 0.370. The minimum absolute atomic E-state index is 0.626. The van der Waals surface area contributed by atoms with E-state index in [0.717, 1.165) is 30.5 Å². The fourth-order valence-corrected chi connectivity index (χ4v) is 2.97. The fraction of sp³-hybridized carbons (Fsp3) is 0.714. The highest BCUT2D eigenvalue weighted by Crippen LogP contribution is 2.27. The Morgan fingerprint density at radius 1 is 1.54 bits per heavy atom. The third-order valence-corrected chi connectivity index (χ3v) is 3.63. The van der Waals surface area contributed by atoms with Gasteiger partial charge in [-0.05, 0) is 5.16 Å². The van der Waals surface area contributed by atoms with E-state index in [0.29, 0.717) is 6.04 Å². The zero-order valence-corrected chi connectivity index (χ0v) is 7.88. The number of thioether (sulfide) groups is 1. The summed E-state index contributed by atoms with van der Waals surface area (Å²) in [6, 6.07) is 0.626. The molecule has 0 aliphatic carbocycles. The van der Waals surface area contributed by atoms with Gasteiger partial charge in [-0.3, -0.25) is 4.90 Å². The largest absolute Gasteiger partial charge is 0.364 e. The molecule has 0 spiro atoms. The molecule has 13 heavy (non-hydrogen) atoms. The quantitative estimate of drug-likeness (QED) is 0.650. The molecule has 0 bridgehead atoms. The smallest absolute Gasteiger partial charge is 0.195 e. The van der Waals surface area contributed by atoms with E-state index in [2.05, 4.69) is 25.2 Å². The first-order valence-corrected chi connectivity index (χ1v) is 5.46. The van der Waals surface area contributed by atoms with Crippen LogP contribution in [0.2, 0.25) is 0 Å². The zero-order valence-electron chi connectivity index (χ0n) is 7.06. The second kappa shape index (κ2) is 2.88. The van der Waals surface area contributed by atoms with Gasteiger partial charge in [0.1, 0.15) is 5.69 Å². The SMILES string of the molecule is C1Nc2nonc2CN2CSC[C@H]12. The molecule has 1 aromatic heterocycles. The Morgan fingerprint density at radius 3 is 3.54 bits per heavy atom. The summed E-state index contributed by atoms with van der Waals surface area (Å²) in [5.41, 5.74) is 0.935. The number of nitrogens with zero attached hydrogens (tertiary/aromatic N) is 3. The van der Waals surface area contributed by atoms with Gasteiger partial charge in [-0.2, -0.15) is 0 Å². The van der Waals surface area contributed by atoms with Crippen LogP contribution in [0.5, 0.6) is 0 Å². The van der Waals surface area contributed by atoms with Gasteiger partial charge >= 0.3 is 0 Å². The highest BCUT2D eigenvalue weighted by atomic mass is 32.2. The molecule has 1 saturated heterocycles. The molecule has 3 rings (SSSR count). The Balaban J connectivity index is 1.90.